The third kappa shape index (κ3) is 5.44. The van der Waals surface area contributed by atoms with Crippen LogP contribution in [0.5, 0.6) is 0 Å². The predicted molar refractivity (Wildman–Crippen MR) is 83.9 cm³/mol. The molecule has 2 N–H and O–H groups in total. The first-order chi connectivity index (χ1) is 10.9. The van der Waals surface area contributed by atoms with E-state index in [0.29, 0.717) is 32.6 Å². The summed E-state index contributed by atoms with van der Waals surface area (Å²) in [5.41, 5.74) is 0. The monoisotopic (exact) mass is 328 g/mol. The van der Waals surface area contributed by atoms with E-state index < -0.39 is 17.8 Å². The summed E-state index contributed by atoms with van der Waals surface area (Å²) in [4.78, 5) is 25.4. The van der Waals surface area contributed by atoms with Crippen molar-refractivity contribution < 1.29 is 24.2 Å². The van der Waals surface area contributed by atoms with Crippen LogP contribution >= 0.6 is 0 Å². The lowest BCUT2D eigenvalue weighted by molar-refractivity contribution is -0.185. The Hall–Kier alpha value is -1.18. The predicted octanol–water partition coefficient (Wildman–Crippen LogP) is 0.831. The SMILES string of the molecule is CC(C)CC(NC(=O)CCN1CCC2(CC1)OCCO2)C(=O)O. The average Bonchev–Trinajstić information content (AvgIpc) is 2.94. The number of nitrogens with zero attached hydrogens (tertiary/aromatic N) is 1. The van der Waals surface area contributed by atoms with E-state index in [1.165, 1.54) is 0 Å². The van der Waals surface area contributed by atoms with Gasteiger partial charge >= 0.3 is 5.97 Å². The Bertz CT molecular complexity index is 411. The number of piperidine rings is 1. The van der Waals surface area contributed by atoms with Gasteiger partial charge in [-0.15, -0.1) is 0 Å². The highest BCUT2D eigenvalue weighted by atomic mass is 16.7. The van der Waals surface area contributed by atoms with Gasteiger partial charge in [0.25, 0.3) is 0 Å². The van der Waals surface area contributed by atoms with Crippen LogP contribution in [0.15, 0.2) is 0 Å². The van der Waals surface area contributed by atoms with Gasteiger partial charge < -0.3 is 24.8 Å². The van der Waals surface area contributed by atoms with Gasteiger partial charge in [0, 0.05) is 38.9 Å². The minimum absolute atomic E-state index is 0.202. The maximum Gasteiger partial charge on any atom is 0.326 e. The molecule has 2 fully saturated rings. The fourth-order valence-electron chi connectivity index (χ4n) is 3.12. The lowest BCUT2D eigenvalue weighted by Gasteiger charge is -2.37. The molecule has 0 bridgehead atoms. The topological polar surface area (TPSA) is 88.1 Å². The van der Waals surface area contributed by atoms with E-state index >= 15 is 0 Å². The van der Waals surface area contributed by atoms with Crippen LogP contribution in [-0.2, 0) is 19.1 Å². The van der Waals surface area contributed by atoms with Crippen molar-refractivity contribution in [2.45, 2.75) is 51.4 Å². The molecular weight excluding hydrogens is 300 g/mol. The first kappa shape index (κ1) is 18.2. The van der Waals surface area contributed by atoms with Gasteiger partial charge in [0.2, 0.25) is 5.91 Å². The number of carbonyl (C=O) groups excluding carboxylic acids is 1. The van der Waals surface area contributed by atoms with Crippen molar-refractivity contribution in [3.05, 3.63) is 0 Å². The molecule has 0 aromatic carbocycles. The minimum atomic E-state index is -0.970. The largest absolute Gasteiger partial charge is 0.480 e. The Morgan fingerprint density at radius 1 is 1.22 bits per heavy atom. The number of amides is 1. The van der Waals surface area contributed by atoms with Crippen molar-refractivity contribution in [2.24, 2.45) is 5.92 Å². The number of aliphatic carboxylic acids is 1. The summed E-state index contributed by atoms with van der Waals surface area (Å²) < 4.78 is 11.4. The van der Waals surface area contributed by atoms with E-state index in [9.17, 15) is 9.59 Å². The Morgan fingerprint density at radius 3 is 2.35 bits per heavy atom. The van der Waals surface area contributed by atoms with Crippen LogP contribution in [0, 0.1) is 5.92 Å². The normalized spacial score (nSPS) is 22.4. The number of rotatable bonds is 7. The van der Waals surface area contributed by atoms with Gasteiger partial charge in [0.1, 0.15) is 6.04 Å². The maximum atomic E-state index is 12.0. The molecule has 2 rings (SSSR count). The summed E-state index contributed by atoms with van der Waals surface area (Å²) in [6.07, 6.45) is 2.40. The zero-order valence-corrected chi connectivity index (χ0v) is 14.0. The van der Waals surface area contributed by atoms with Crippen LogP contribution in [0.2, 0.25) is 0 Å². The zero-order chi connectivity index (χ0) is 16.9. The second kappa shape index (κ2) is 8.08. The second-order valence-electron chi connectivity index (χ2n) is 6.79. The molecule has 0 aromatic rings. The number of ether oxygens (including phenoxy) is 2. The van der Waals surface area contributed by atoms with E-state index in [-0.39, 0.29) is 11.8 Å². The van der Waals surface area contributed by atoms with Crippen LogP contribution < -0.4 is 5.32 Å². The molecule has 7 heteroatoms. The molecule has 23 heavy (non-hydrogen) atoms. The third-order valence-electron chi connectivity index (χ3n) is 4.43. The average molecular weight is 328 g/mol. The Labute approximate surface area is 137 Å². The number of hydrogen-bond acceptors (Lipinski definition) is 5. The van der Waals surface area contributed by atoms with Crippen molar-refractivity contribution >= 4 is 11.9 Å². The molecule has 132 valence electrons. The molecule has 0 radical (unpaired) electrons. The molecule has 2 saturated heterocycles. The summed E-state index contributed by atoms with van der Waals surface area (Å²) in [6, 6.07) is -0.799. The molecule has 1 unspecified atom stereocenters. The quantitative estimate of drug-likeness (QED) is 0.720. The van der Waals surface area contributed by atoms with Gasteiger partial charge in [-0.3, -0.25) is 4.79 Å². The summed E-state index contributed by atoms with van der Waals surface area (Å²) in [5.74, 6) is -1.35. The highest BCUT2D eigenvalue weighted by molar-refractivity contribution is 5.83. The summed E-state index contributed by atoms with van der Waals surface area (Å²) in [6.45, 7) is 7.51. The maximum absolute atomic E-state index is 12.0. The van der Waals surface area contributed by atoms with Gasteiger partial charge in [-0.05, 0) is 12.3 Å². The first-order valence-corrected chi connectivity index (χ1v) is 8.43. The van der Waals surface area contributed by atoms with E-state index in [1.54, 1.807) is 0 Å². The highest BCUT2D eigenvalue weighted by Crippen LogP contribution is 2.31. The lowest BCUT2D eigenvalue weighted by Crippen LogP contribution is -2.47. The van der Waals surface area contributed by atoms with Crippen LogP contribution in [0.4, 0.5) is 0 Å². The number of carbonyl (C=O) groups is 2. The molecule has 0 aromatic heterocycles. The number of hydrogen-bond donors (Lipinski definition) is 2. The summed E-state index contributed by atoms with van der Waals surface area (Å²) >= 11 is 0. The number of nitrogens with one attached hydrogen (secondary N) is 1. The number of carboxylic acid groups (broad SMARTS) is 1. The van der Waals surface area contributed by atoms with Crippen molar-refractivity contribution in [1.82, 2.24) is 10.2 Å². The van der Waals surface area contributed by atoms with Crippen molar-refractivity contribution in [2.75, 3.05) is 32.8 Å². The third-order valence-corrected chi connectivity index (χ3v) is 4.43. The molecular formula is C16H28N2O5. The van der Waals surface area contributed by atoms with Crippen LogP contribution in [0.3, 0.4) is 0 Å². The molecule has 0 saturated carbocycles. The van der Waals surface area contributed by atoms with Gasteiger partial charge in [0.05, 0.1) is 13.2 Å². The molecule has 0 aliphatic carbocycles. The van der Waals surface area contributed by atoms with E-state index in [0.717, 1.165) is 25.9 Å². The fourth-order valence-corrected chi connectivity index (χ4v) is 3.12. The smallest absolute Gasteiger partial charge is 0.326 e. The van der Waals surface area contributed by atoms with Crippen LogP contribution in [-0.4, -0.2) is 66.6 Å². The molecule has 1 amide bonds. The number of likely N-dealkylation sites (tertiary alicyclic amines) is 1. The molecule has 2 heterocycles. The molecule has 2 aliphatic rings. The first-order valence-electron chi connectivity index (χ1n) is 8.43. The van der Waals surface area contributed by atoms with Gasteiger partial charge in [-0.1, -0.05) is 13.8 Å². The molecule has 1 atom stereocenters. The number of carboxylic acids is 1. The van der Waals surface area contributed by atoms with Gasteiger partial charge in [-0.2, -0.15) is 0 Å². The van der Waals surface area contributed by atoms with Crippen LogP contribution in [0.1, 0.15) is 39.5 Å². The van der Waals surface area contributed by atoms with Gasteiger partial charge in [-0.25, -0.2) is 4.79 Å². The van der Waals surface area contributed by atoms with Crippen molar-refractivity contribution in [3.8, 4) is 0 Å². The fraction of sp³-hybridized carbons (Fsp3) is 0.875. The highest BCUT2D eigenvalue weighted by Gasteiger charge is 2.39. The van der Waals surface area contributed by atoms with Crippen molar-refractivity contribution in [3.63, 3.8) is 0 Å². The Morgan fingerprint density at radius 2 is 1.83 bits per heavy atom. The Kier molecular flexibility index (Phi) is 6.38. The van der Waals surface area contributed by atoms with Crippen LogP contribution in [0.25, 0.3) is 0 Å². The second-order valence-corrected chi connectivity index (χ2v) is 6.79. The zero-order valence-electron chi connectivity index (χ0n) is 14.0. The molecule has 1 spiro atoms. The lowest BCUT2D eigenvalue weighted by atomic mass is 10.0. The van der Waals surface area contributed by atoms with E-state index in [4.69, 9.17) is 14.6 Å². The Balaban J connectivity index is 1.69. The summed E-state index contributed by atoms with van der Waals surface area (Å²) in [7, 11) is 0. The van der Waals surface area contributed by atoms with Gasteiger partial charge in [0.15, 0.2) is 5.79 Å². The standard InChI is InChI=1S/C16H28N2O5/c1-12(2)11-13(15(20)21)17-14(19)3-6-18-7-4-16(5-8-18)22-9-10-23-16/h12-13H,3-11H2,1-2H3,(H,17,19)(H,20,21). The van der Waals surface area contributed by atoms with Crippen molar-refractivity contribution in [1.29, 1.82) is 0 Å². The summed E-state index contributed by atoms with van der Waals surface area (Å²) in [5, 5.41) is 11.8. The van der Waals surface area contributed by atoms with E-state index in [2.05, 4.69) is 10.2 Å². The molecule has 2 aliphatic heterocycles. The minimum Gasteiger partial charge on any atom is -0.480 e. The molecule has 7 nitrogen and oxygen atoms in total. The van der Waals surface area contributed by atoms with E-state index in [1.807, 2.05) is 13.8 Å².